The fourth-order valence-electron chi connectivity index (χ4n) is 3.66. The van der Waals surface area contributed by atoms with Crippen LogP contribution in [0.1, 0.15) is 24.0 Å². The molecule has 8 heteroatoms. The maximum atomic E-state index is 12.5. The van der Waals surface area contributed by atoms with E-state index in [0.717, 1.165) is 29.7 Å². The third kappa shape index (κ3) is 5.97. The van der Waals surface area contributed by atoms with Crippen LogP contribution in [0.4, 0.5) is 26.7 Å². The molecule has 164 valence electrons. The zero-order chi connectivity index (χ0) is 22.4. The molecule has 1 atom stereocenters. The predicted molar refractivity (Wildman–Crippen MR) is 122 cm³/mol. The number of hydrogen-bond donors (Lipinski definition) is 4. The van der Waals surface area contributed by atoms with E-state index in [-0.39, 0.29) is 23.9 Å². The lowest BCUT2D eigenvalue weighted by atomic mass is 9.97. The van der Waals surface area contributed by atoms with Crippen LogP contribution in [0, 0.1) is 19.8 Å². The number of anilines is 3. The van der Waals surface area contributed by atoms with E-state index in [9.17, 15) is 14.4 Å². The van der Waals surface area contributed by atoms with E-state index in [2.05, 4.69) is 21.3 Å². The van der Waals surface area contributed by atoms with E-state index >= 15 is 0 Å². The highest BCUT2D eigenvalue weighted by molar-refractivity contribution is 6.00. The van der Waals surface area contributed by atoms with Gasteiger partial charge in [-0.1, -0.05) is 17.7 Å². The second-order valence-corrected chi connectivity index (χ2v) is 7.80. The summed E-state index contributed by atoms with van der Waals surface area (Å²) < 4.78 is 0. The Labute approximate surface area is 182 Å². The van der Waals surface area contributed by atoms with Crippen LogP contribution in [0.5, 0.6) is 0 Å². The molecule has 0 aromatic heterocycles. The molecule has 1 heterocycles. The SMILES string of the molecule is CNC(=O)C1CCCN(C(=O)Nc2ccc(NC(=O)Nc3ccc(C)cc3C)cc2)C1. The number of carbonyl (C=O) groups is 3. The van der Waals surface area contributed by atoms with Crippen LogP contribution in [0.3, 0.4) is 0 Å². The van der Waals surface area contributed by atoms with E-state index in [4.69, 9.17) is 0 Å². The molecule has 2 aromatic carbocycles. The van der Waals surface area contributed by atoms with Gasteiger partial charge in [0.05, 0.1) is 5.92 Å². The van der Waals surface area contributed by atoms with E-state index in [0.29, 0.717) is 24.5 Å². The number of carbonyl (C=O) groups excluding carboxylic acids is 3. The van der Waals surface area contributed by atoms with Crippen molar-refractivity contribution in [1.82, 2.24) is 10.2 Å². The third-order valence-corrected chi connectivity index (χ3v) is 5.35. The maximum Gasteiger partial charge on any atom is 0.323 e. The van der Waals surface area contributed by atoms with Crippen molar-refractivity contribution in [2.75, 3.05) is 36.1 Å². The molecule has 0 spiro atoms. The van der Waals surface area contributed by atoms with Gasteiger partial charge in [-0.25, -0.2) is 9.59 Å². The highest BCUT2D eigenvalue weighted by Gasteiger charge is 2.27. The Morgan fingerprint density at radius 2 is 1.61 bits per heavy atom. The zero-order valence-corrected chi connectivity index (χ0v) is 18.1. The molecule has 5 amide bonds. The number of nitrogens with one attached hydrogen (secondary N) is 4. The number of amides is 5. The van der Waals surface area contributed by atoms with Crippen LogP contribution in [-0.4, -0.2) is 43.0 Å². The van der Waals surface area contributed by atoms with E-state index in [1.54, 1.807) is 36.2 Å². The smallest absolute Gasteiger partial charge is 0.323 e. The Bertz CT molecular complexity index is 958. The fourth-order valence-corrected chi connectivity index (χ4v) is 3.66. The molecule has 4 N–H and O–H groups in total. The Morgan fingerprint density at radius 1 is 0.935 bits per heavy atom. The van der Waals surface area contributed by atoms with E-state index < -0.39 is 0 Å². The lowest BCUT2D eigenvalue weighted by molar-refractivity contribution is -0.125. The Morgan fingerprint density at radius 3 is 2.26 bits per heavy atom. The van der Waals surface area contributed by atoms with Crippen molar-refractivity contribution in [3.8, 4) is 0 Å². The van der Waals surface area contributed by atoms with Crippen molar-refractivity contribution < 1.29 is 14.4 Å². The fraction of sp³-hybridized carbons (Fsp3) is 0.348. The van der Waals surface area contributed by atoms with Gasteiger partial charge in [0.25, 0.3) is 0 Å². The molecule has 1 aliphatic heterocycles. The Hall–Kier alpha value is -3.55. The minimum atomic E-state index is -0.336. The topological polar surface area (TPSA) is 103 Å². The van der Waals surface area contributed by atoms with Gasteiger partial charge in [-0.15, -0.1) is 0 Å². The summed E-state index contributed by atoms with van der Waals surface area (Å²) in [5.41, 5.74) is 4.10. The van der Waals surface area contributed by atoms with Gasteiger partial charge in [0.15, 0.2) is 0 Å². The highest BCUT2D eigenvalue weighted by Crippen LogP contribution is 2.20. The second-order valence-electron chi connectivity index (χ2n) is 7.80. The van der Waals surface area contributed by atoms with Crippen molar-refractivity contribution in [1.29, 1.82) is 0 Å². The van der Waals surface area contributed by atoms with Gasteiger partial charge >= 0.3 is 12.1 Å². The summed E-state index contributed by atoms with van der Waals surface area (Å²) >= 11 is 0. The average Bonchev–Trinajstić information content (AvgIpc) is 2.76. The number of aryl methyl sites for hydroxylation is 2. The Kier molecular flexibility index (Phi) is 7.12. The van der Waals surface area contributed by atoms with Crippen molar-refractivity contribution in [2.45, 2.75) is 26.7 Å². The van der Waals surface area contributed by atoms with Gasteiger partial charge in [-0.05, 0) is 62.6 Å². The summed E-state index contributed by atoms with van der Waals surface area (Å²) in [5.74, 6) is -0.209. The van der Waals surface area contributed by atoms with Gasteiger partial charge in [-0.2, -0.15) is 0 Å². The number of hydrogen-bond acceptors (Lipinski definition) is 3. The molecule has 1 saturated heterocycles. The molecule has 31 heavy (non-hydrogen) atoms. The first-order valence-electron chi connectivity index (χ1n) is 10.4. The number of piperidine rings is 1. The van der Waals surface area contributed by atoms with Crippen LogP contribution in [0.15, 0.2) is 42.5 Å². The largest absolute Gasteiger partial charge is 0.359 e. The van der Waals surface area contributed by atoms with E-state index in [1.165, 1.54) is 0 Å². The maximum absolute atomic E-state index is 12.5. The number of urea groups is 2. The Balaban J connectivity index is 1.53. The number of benzene rings is 2. The van der Waals surface area contributed by atoms with Gasteiger partial charge in [0.1, 0.15) is 0 Å². The normalized spacial score (nSPS) is 15.7. The lowest BCUT2D eigenvalue weighted by Crippen LogP contribution is -2.46. The summed E-state index contributed by atoms with van der Waals surface area (Å²) in [6.07, 6.45) is 1.58. The first-order chi connectivity index (χ1) is 14.9. The standard InChI is InChI=1S/C23H29N5O3/c1-15-6-11-20(16(2)13-15)27-22(30)25-18-7-9-19(10-8-18)26-23(31)28-12-4-5-17(14-28)21(29)24-3/h6-11,13,17H,4-5,12,14H2,1-3H3,(H,24,29)(H,26,31)(H2,25,27,30). The predicted octanol–water partition coefficient (Wildman–Crippen LogP) is 3.94. The number of likely N-dealkylation sites (tertiary alicyclic amines) is 1. The lowest BCUT2D eigenvalue weighted by Gasteiger charge is -2.31. The zero-order valence-electron chi connectivity index (χ0n) is 18.1. The van der Waals surface area contributed by atoms with Gasteiger partial charge < -0.3 is 26.2 Å². The van der Waals surface area contributed by atoms with Crippen molar-refractivity contribution in [3.63, 3.8) is 0 Å². The summed E-state index contributed by atoms with van der Waals surface area (Å²) in [6.45, 7) is 4.98. The van der Waals surface area contributed by atoms with Crippen molar-refractivity contribution >= 4 is 35.0 Å². The summed E-state index contributed by atoms with van der Waals surface area (Å²) in [4.78, 5) is 38.3. The van der Waals surface area contributed by atoms with Crippen LogP contribution in [0.25, 0.3) is 0 Å². The minimum Gasteiger partial charge on any atom is -0.359 e. The second kappa shape index (κ2) is 9.97. The van der Waals surface area contributed by atoms with Gasteiger partial charge in [0.2, 0.25) is 5.91 Å². The molecule has 0 saturated carbocycles. The molecule has 0 radical (unpaired) electrons. The van der Waals surface area contributed by atoms with Crippen molar-refractivity contribution in [2.24, 2.45) is 5.92 Å². The summed E-state index contributed by atoms with van der Waals surface area (Å²) in [6, 6.07) is 12.2. The third-order valence-electron chi connectivity index (χ3n) is 5.35. The molecule has 3 rings (SSSR count). The monoisotopic (exact) mass is 423 g/mol. The van der Waals surface area contributed by atoms with E-state index in [1.807, 2.05) is 32.0 Å². The van der Waals surface area contributed by atoms with Crippen molar-refractivity contribution in [3.05, 3.63) is 53.6 Å². The van der Waals surface area contributed by atoms with Crippen LogP contribution in [-0.2, 0) is 4.79 Å². The molecular formula is C23H29N5O3. The quantitative estimate of drug-likeness (QED) is 0.599. The summed E-state index contributed by atoms with van der Waals surface area (Å²) in [5, 5.41) is 11.1. The molecule has 1 aliphatic rings. The first-order valence-corrected chi connectivity index (χ1v) is 10.4. The number of nitrogens with zero attached hydrogens (tertiary/aromatic N) is 1. The molecule has 1 fully saturated rings. The van der Waals surface area contributed by atoms with Gasteiger partial charge in [-0.3, -0.25) is 4.79 Å². The average molecular weight is 424 g/mol. The number of rotatable bonds is 4. The molecule has 0 aliphatic carbocycles. The minimum absolute atomic E-state index is 0.0352. The van der Waals surface area contributed by atoms with Gasteiger partial charge in [0, 0.05) is 37.2 Å². The van der Waals surface area contributed by atoms with Crippen LogP contribution in [0.2, 0.25) is 0 Å². The summed E-state index contributed by atoms with van der Waals surface area (Å²) in [7, 11) is 1.61. The highest BCUT2D eigenvalue weighted by atomic mass is 16.2. The molecule has 2 aromatic rings. The molecular weight excluding hydrogens is 394 g/mol. The molecule has 1 unspecified atom stereocenters. The molecule has 0 bridgehead atoms. The van der Waals surface area contributed by atoms with Crippen LogP contribution >= 0.6 is 0 Å². The first kappa shape index (κ1) is 22.1. The molecule has 8 nitrogen and oxygen atoms in total. The van der Waals surface area contributed by atoms with Crippen LogP contribution < -0.4 is 21.3 Å².